The van der Waals surface area contributed by atoms with Crippen LogP contribution in [0.5, 0.6) is 0 Å². The molecule has 0 amide bonds. The van der Waals surface area contributed by atoms with Crippen LogP contribution in [0.2, 0.25) is 0 Å². The molecule has 4 aromatic carbocycles. The molecule has 114 valence electrons. The average Bonchev–Trinajstić information content (AvgIpc) is 3.01. The third-order valence-electron chi connectivity index (χ3n) is 4.68. The summed E-state index contributed by atoms with van der Waals surface area (Å²) in [5, 5.41) is 4.93. The lowest BCUT2D eigenvalue weighted by Gasteiger charge is -2.03. The van der Waals surface area contributed by atoms with Crippen LogP contribution in [0.25, 0.3) is 32.7 Å². The first kappa shape index (κ1) is 13.4. The second-order valence-electron chi connectivity index (χ2n) is 6.25. The van der Waals surface area contributed by atoms with Gasteiger partial charge in [-0.05, 0) is 46.5 Å². The van der Waals surface area contributed by atoms with Crippen molar-refractivity contribution in [2.75, 3.05) is 0 Å². The normalized spacial score (nSPS) is 11.5. The van der Waals surface area contributed by atoms with Crippen LogP contribution in [0.15, 0.2) is 89.3 Å². The van der Waals surface area contributed by atoms with E-state index in [0.717, 1.165) is 17.6 Å². The van der Waals surface area contributed by atoms with Gasteiger partial charge in [0.15, 0.2) is 0 Å². The molecule has 5 rings (SSSR count). The fourth-order valence-corrected chi connectivity index (χ4v) is 3.54. The van der Waals surface area contributed by atoms with E-state index in [1.54, 1.807) is 0 Å². The van der Waals surface area contributed by atoms with Gasteiger partial charge in [-0.2, -0.15) is 0 Å². The molecular weight excluding hydrogens is 292 g/mol. The third kappa shape index (κ3) is 2.10. The summed E-state index contributed by atoms with van der Waals surface area (Å²) in [6.45, 7) is 0. The maximum Gasteiger partial charge on any atom is 0.136 e. The Morgan fingerprint density at radius 3 is 2.29 bits per heavy atom. The van der Waals surface area contributed by atoms with Crippen LogP contribution >= 0.6 is 0 Å². The van der Waals surface area contributed by atoms with Gasteiger partial charge in [0.25, 0.3) is 0 Å². The standard InChI is InChI=1S/C23H16O/c1-2-6-16(7-3-1)14-17-10-12-21-20(15-17)23-19-9-5-4-8-18(19)11-13-22(23)24-21/h1-13,15H,14H2. The number of rotatable bonds is 2. The highest BCUT2D eigenvalue weighted by molar-refractivity contribution is 6.18. The van der Waals surface area contributed by atoms with Crippen molar-refractivity contribution in [3.8, 4) is 0 Å². The Labute approximate surface area is 140 Å². The minimum Gasteiger partial charge on any atom is -0.456 e. The minimum atomic E-state index is 0.939. The van der Waals surface area contributed by atoms with Crippen LogP contribution in [0.1, 0.15) is 11.1 Å². The molecule has 0 aliphatic carbocycles. The van der Waals surface area contributed by atoms with Crippen molar-refractivity contribution in [2.24, 2.45) is 0 Å². The molecule has 24 heavy (non-hydrogen) atoms. The zero-order valence-electron chi connectivity index (χ0n) is 13.2. The molecule has 5 aromatic rings. The smallest absolute Gasteiger partial charge is 0.136 e. The Balaban J connectivity index is 1.75. The van der Waals surface area contributed by atoms with Gasteiger partial charge >= 0.3 is 0 Å². The van der Waals surface area contributed by atoms with Crippen molar-refractivity contribution >= 4 is 32.7 Å². The fraction of sp³-hybridized carbons (Fsp3) is 0.0435. The van der Waals surface area contributed by atoms with E-state index in [1.165, 1.54) is 32.7 Å². The highest BCUT2D eigenvalue weighted by atomic mass is 16.3. The van der Waals surface area contributed by atoms with Crippen molar-refractivity contribution in [1.29, 1.82) is 0 Å². The summed E-state index contributed by atoms with van der Waals surface area (Å²) in [5.41, 5.74) is 4.55. The van der Waals surface area contributed by atoms with Crippen LogP contribution in [0, 0.1) is 0 Å². The van der Waals surface area contributed by atoms with Crippen molar-refractivity contribution in [3.05, 3.63) is 96.1 Å². The summed E-state index contributed by atoms with van der Waals surface area (Å²) in [6.07, 6.45) is 0.939. The van der Waals surface area contributed by atoms with Gasteiger partial charge in [0.2, 0.25) is 0 Å². The maximum absolute atomic E-state index is 6.07. The van der Waals surface area contributed by atoms with E-state index >= 15 is 0 Å². The van der Waals surface area contributed by atoms with Crippen LogP contribution in [-0.2, 0) is 6.42 Å². The topological polar surface area (TPSA) is 13.1 Å². The minimum absolute atomic E-state index is 0.939. The molecule has 0 radical (unpaired) electrons. The fourth-order valence-electron chi connectivity index (χ4n) is 3.54. The SMILES string of the molecule is c1ccc(Cc2ccc3oc4ccc5ccccc5c4c3c2)cc1. The van der Waals surface area contributed by atoms with Crippen LogP contribution in [-0.4, -0.2) is 0 Å². The van der Waals surface area contributed by atoms with Gasteiger partial charge in [0, 0.05) is 10.8 Å². The molecule has 0 saturated carbocycles. The quantitative estimate of drug-likeness (QED) is 0.371. The Kier molecular flexibility index (Phi) is 2.92. The zero-order valence-corrected chi connectivity index (χ0v) is 13.2. The van der Waals surface area contributed by atoms with Gasteiger partial charge in [0.05, 0.1) is 0 Å². The zero-order chi connectivity index (χ0) is 15.9. The largest absolute Gasteiger partial charge is 0.456 e. The maximum atomic E-state index is 6.07. The van der Waals surface area contributed by atoms with E-state index in [-0.39, 0.29) is 0 Å². The van der Waals surface area contributed by atoms with Crippen molar-refractivity contribution in [2.45, 2.75) is 6.42 Å². The first-order valence-corrected chi connectivity index (χ1v) is 8.25. The summed E-state index contributed by atoms with van der Waals surface area (Å²) >= 11 is 0. The second kappa shape index (κ2) is 5.24. The van der Waals surface area contributed by atoms with Crippen molar-refractivity contribution in [1.82, 2.24) is 0 Å². The molecule has 0 atom stereocenters. The molecule has 1 nitrogen and oxygen atoms in total. The highest BCUT2D eigenvalue weighted by Crippen LogP contribution is 2.35. The molecule has 1 aromatic heterocycles. The molecule has 0 N–H and O–H groups in total. The molecule has 1 heterocycles. The molecule has 0 aliphatic rings. The van der Waals surface area contributed by atoms with Crippen LogP contribution < -0.4 is 0 Å². The Bertz CT molecular complexity index is 1170. The Morgan fingerprint density at radius 2 is 1.38 bits per heavy atom. The summed E-state index contributed by atoms with van der Waals surface area (Å²) in [6, 6.07) is 29.8. The summed E-state index contributed by atoms with van der Waals surface area (Å²) in [5.74, 6) is 0. The molecule has 0 aliphatic heterocycles. The predicted molar refractivity (Wildman–Crippen MR) is 100 cm³/mol. The summed E-state index contributed by atoms with van der Waals surface area (Å²) in [7, 11) is 0. The monoisotopic (exact) mass is 308 g/mol. The molecule has 0 saturated heterocycles. The average molecular weight is 308 g/mol. The number of furan rings is 1. The van der Waals surface area contributed by atoms with E-state index in [2.05, 4.69) is 84.9 Å². The Morgan fingerprint density at radius 1 is 0.583 bits per heavy atom. The van der Waals surface area contributed by atoms with Crippen molar-refractivity contribution in [3.63, 3.8) is 0 Å². The molecule has 0 bridgehead atoms. The number of benzene rings is 4. The van der Waals surface area contributed by atoms with Gasteiger partial charge in [-0.25, -0.2) is 0 Å². The molecule has 0 unspecified atom stereocenters. The second-order valence-corrected chi connectivity index (χ2v) is 6.25. The molecule has 1 heteroatoms. The highest BCUT2D eigenvalue weighted by Gasteiger charge is 2.11. The van der Waals surface area contributed by atoms with Gasteiger partial charge in [0.1, 0.15) is 11.2 Å². The number of fused-ring (bicyclic) bond motifs is 5. The van der Waals surface area contributed by atoms with Gasteiger partial charge in [-0.15, -0.1) is 0 Å². The van der Waals surface area contributed by atoms with E-state index < -0.39 is 0 Å². The lowest BCUT2D eigenvalue weighted by Crippen LogP contribution is -1.87. The van der Waals surface area contributed by atoms with Crippen LogP contribution in [0.4, 0.5) is 0 Å². The third-order valence-corrected chi connectivity index (χ3v) is 4.68. The molecular formula is C23H16O. The van der Waals surface area contributed by atoms with Gasteiger partial charge in [-0.3, -0.25) is 0 Å². The van der Waals surface area contributed by atoms with Gasteiger partial charge in [-0.1, -0.05) is 66.7 Å². The van der Waals surface area contributed by atoms with Crippen LogP contribution in [0.3, 0.4) is 0 Å². The summed E-state index contributed by atoms with van der Waals surface area (Å²) < 4.78 is 6.07. The van der Waals surface area contributed by atoms with E-state index in [1.807, 2.05) is 0 Å². The number of hydrogen-bond donors (Lipinski definition) is 0. The lowest BCUT2D eigenvalue weighted by atomic mass is 10.00. The summed E-state index contributed by atoms with van der Waals surface area (Å²) in [4.78, 5) is 0. The number of hydrogen-bond acceptors (Lipinski definition) is 1. The van der Waals surface area contributed by atoms with Crippen molar-refractivity contribution < 1.29 is 4.42 Å². The van der Waals surface area contributed by atoms with E-state index in [9.17, 15) is 0 Å². The first-order valence-electron chi connectivity index (χ1n) is 8.25. The Hall–Kier alpha value is -3.06. The molecule has 0 fully saturated rings. The lowest BCUT2D eigenvalue weighted by molar-refractivity contribution is 0.669. The van der Waals surface area contributed by atoms with E-state index in [4.69, 9.17) is 4.42 Å². The van der Waals surface area contributed by atoms with E-state index in [0.29, 0.717) is 0 Å². The first-order chi connectivity index (χ1) is 11.9. The predicted octanol–water partition coefficient (Wildman–Crippen LogP) is 6.33. The molecule has 0 spiro atoms. The van der Waals surface area contributed by atoms with Gasteiger partial charge < -0.3 is 4.42 Å².